The third-order valence-corrected chi connectivity index (χ3v) is 19.3. The first-order valence-corrected chi connectivity index (χ1v) is 28.8. The summed E-state index contributed by atoms with van der Waals surface area (Å²) in [6.07, 6.45) is 14.4. The highest BCUT2D eigenvalue weighted by Crippen LogP contribution is 2.53. The van der Waals surface area contributed by atoms with Gasteiger partial charge in [0.25, 0.3) is 11.8 Å². The van der Waals surface area contributed by atoms with Crippen molar-refractivity contribution in [1.82, 2.24) is 39.5 Å². The number of carbonyl (C=O) groups excluding carboxylic acids is 7. The van der Waals surface area contributed by atoms with Gasteiger partial charge >= 0.3 is 0 Å². The van der Waals surface area contributed by atoms with E-state index in [0.29, 0.717) is 88.9 Å². The minimum absolute atomic E-state index is 0.0156. The number of likely N-dealkylation sites (tertiary alicyclic amines) is 3. The number of nitrogens with one attached hydrogen (secondary N) is 2. The summed E-state index contributed by atoms with van der Waals surface area (Å²) < 4.78 is 2.19. The second kappa shape index (κ2) is 19.3. The van der Waals surface area contributed by atoms with Crippen LogP contribution in [0, 0.1) is 11.8 Å². The maximum Gasteiger partial charge on any atom is 0.264 e. The Morgan fingerprint density at radius 1 is 0.779 bits per heavy atom. The maximum atomic E-state index is 15.3. The molecule has 2 aromatic heterocycles. The second-order valence-corrected chi connectivity index (χ2v) is 24.1. The fraction of sp³-hybridized carbons (Fsp3) is 0.576. The molecule has 3 saturated carbocycles. The molecule has 2 N–H and O–H groups in total. The van der Waals surface area contributed by atoms with Gasteiger partial charge in [0, 0.05) is 87.0 Å². The normalized spacial score (nSPS) is 27.4. The molecule has 4 aromatic rings. The molecule has 404 valence electrons. The van der Waals surface area contributed by atoms with Gasteiger partial charge in [-0.05, 0) is 147 Å². The van der Waals surface area contributed by atoms with Gasteiger partial charge in [-0.1, -0.05) is 24.6 Å². The zero-order chi connectivity index (χ0) is 53.0. The van der Waals surface area contributed by atoms with Gasteiger partial charge in [-0.2, -0.15) is 0 Å². The van der Waals surface area contributed by atoms with E-state index in [9.17, 15) is 28.8 Å². The standard InChI is InChI=1S/C59H71N11O7/c1-34(2)68-33-60-45-31-44(62-52(51(45)68)61-38-13-14-38)36-12-17-43-48(28-36)69(41-29-40(30-41)65-23-5-4-6-24-65)58(77)59(43)21-26-66(27-22-59)55(74)37-20-25-67(32-37)54(73)35-10-15-39(16-11-35)64(3)46-9-7-8-42-50(46)57(76)70(56(42)75)47-18-19-49(71)63-53(47)72/h7-9,12,17,28,31,33-35,37-41,47H,4-6,10-11,13-16,18-27,29-30,32H2,1-3H3,(H,61,62)(H,63,71,72)/t35-,37-,39-,40-,41+,47?/m1/s1. The summed E-state index contributed by atoms with van der Waals surface area (Å²) in [5.74, 6) is -1.43. The van der Waals surface area contributed by atoms with E-state index >= 15 is 4.79 Å². The van der Waals surface area contributed by atoms with Gasteiger partial charge in [-0.25, -0.2) is 9.97 Å². The highest BCUT2D eigenvalue weighted by Gasteiger charge is 2.56. The summed E-state index contributed by atoms with van der Waals surface area (Å²) in [4.78, 5) is 118. The molecule has 77 heavy (non-hydrogen) atoms. The van der Waals surface area contributed by atoms with E-state index < -0.39 is 35.1 Å². The SMILES string of the molecule is CC(C)n1cnc2cc(-c3ccc4c(c3)N([C@H]3C[C@@H](N5CCCCC5)C3)C(=O)C43CCN(C(=O)[C@@H]4CCN(C(=O)[C@H]5CC[C@H](N(C)c6cccc7c6C(=O)N(C6CCC(=O)NC6=O)C7=O)CC5)C4)CC3)nc(NC3CC3)c21. The molecule has 18 heteroatoms. The Bertz CT molecular complexity index is 3100. The van der Waals surface area contributed by atoms with Crippen LogP contribution >= 0.6 is 0 Å². The summed E-state index contributed by atoms with van der Waals surface area (Å²) in [5.41, 5.74) is 6.16. The van der Waals surface area contributed by atoms with E-state index in [1.54, 1.807) is 12.1 Å². The Kier molecular flexibility index (Phi) is 12.5. The fourth-order valence-electron chi connectivity index (χ4n) is 14.6. The lowest BCUT2D eigenvalue weighted by molar-refractivity contribution is -0.140. The molecule has 7 amide bonds. The number of aromatic nitrogens is 3. The van der Waals surface area contributed by atoms with Gasteiger partial charge in [0.05, 0.1) is 45.7 Å². The third kappa shape index (κ3) is 8.49. The van der Waals surface area contributed by atoms with Gasteiger partial charge < -0.3 is 34.4 Å². The van der Waals surface area contributed by atoms with Crippen LogP contribution in [-0.2, 0) is 29.4 Å². The topological polar surface area (TPSA) is 194 Å². The molecule has 0 radical (unpaired) electrons. The van der Waals surface area contributed by atoms with E-state index in [0.717, 1.165) is 83.0 Å². The minimum atomic E-state index is -1.04. The number of carbonyl (C=O) groups is 7. The zero-order valence-electron chi connectivity index (χ0n) is 44.7. The molecule has 9 aliphatic rings. The van der Waals surface area contributed by atoms with Crippen molar-refractivity contribution < 1.29 is 33.6 Å². The van der Waals surface area contributed by atoms with Crippen molar-refractivity contribution >= 4 is 69.6 Å². The van der Waals surface area contributed by atoms with Crippen LogP contribution in [0.5, 0.6) is 0 Å². The van der Waals surface area contributed by atoms with Gasteiger partial charge in [0.1, 0.15) is 11.6 Å². The Hall–Kier alpha value is -6.69. The summed E-state index contributed by atoms with van der Waals surface area (Å²) >= 11 is 0. The van der Waals surface area contributed by atoms with Crippen molar-refractivity contribution in [3.8, 4) is 11.3 Å². The number of piperidine rings is 3. The molecule has 2 atom stereocenters. The van der Waals surface area contributed by atoms with Crippen molar-refractivity contribution in [2.75, 3.05) is 61.4 Å². The first-order chi connectivity index (χ1) is 37.3. The molecule has 4 saturated heterocycles. The van der Waals surface area contributed by atoms with Crippen LogP contribution < -0.4 is 20.4 Å². The quantitative estimate of drug-likeness (QED) is 0.157. The lowest BCUT2D eigenvalue weighted by atomic mass is 9.73. The van der Waals surface area contributed by atoms with E-state index in [1.807, 2.05) is 34.1 Å². The molecule has 8 heterocycles. The molecule has 1 unspecified atom stereocenters. The highest BCUT2D eigenvalue weighted by atomic mass is 16.2. The van der Waals surface area contributed by atoms with Crippen LogP contribution in [0.25, 0.3) is 22.3 Å². The van der Waals surface area contributed by atoms with Crippen molar-refractivity contribution in [1.29, 1.82) is 0 Å². The Balaban J connectivity index is 0.665. The van der Waals surface area contributed by atoms with Crippen LogP contribution in [0.2, 0.25) is 0 Å². The molecule has 13 rings (SSSR count). The van der Waals surface area contributed by atoms with Crippen LogP contribution in [0.3, 0.4) is 0 Å². The first kappa shape index (κ1) is 49.9. The summed E-state index contributed by atoms with van der Waals surface area (Å²) in [6.45, 7) is 8.48. The predicted octanol–water partition coefficient (Wildman–Crippen LogP) is 6.42. The number of hydrogen-bond donors (Lipinski definition) is 2. The molecule has 1 spiro atoms. The number of imidazole rings is 1. The molecular weight excluding hydrogens is 975 g/mol. The Labute approximate surface area is 449 Å². The molecule has 18 nitrogen and oxygen atoms in total. The molecule has 0 bridgehead atoms. The van der Waals surface area contributed by atoms with Crippen molar-refractivity contribution in [2.24, 2.45) is 11.8 Å². The van der Waals surface area contributed by atoms with E-state index in [4.69, 9.17) is 9.97 Å². The van der Waals surface area contributed by atoms with E-state index in [-0.39, 0.29) is 71.7 Å². The fourth-order valence-corrected chi connectivity index (χ4v) is 14.6. The van der Waals surface area contributed by atoms with E-state index in [1.165, 1.54) is 19.3 Å². The highest BCUT2D eigenvalue weighted by molar-refractivity contribution is 6.25. The number of benzene rings is 2. The van der Waals surface area contributed by atoms with Gasteiger partial charge in [0.2, 0.25) is 29.5 Å². The monoisotopic (exact) mass is 1050 g/mol. The largest absolute Gasteiger partial charge is 0.371 e. The maximum absolute atomic E-state index is 15.3. The number of rotatable bonds is 11. The molecule has 2 aromatic carbocycles. The van der Waals surface area contributed by atoms with Crippen molar-refractivity contribution in [3.63, 3.8) is 0 Å². The second-order valence-electron chi connectivity index (χ2n) is 24.1. The van der Waals surface area contributed by atoms with Gasteiger partial charge in [-0.15, -0.1) is 0 Å². The molecular formula is C59H71N11O7. The summed E-state index contributed by atoms with van der Waals surface area (Å²) in [7, 11) is 1.91. The number of nitrogens with zero attached hydrogens (tertiary/aromatic N) is 9. The number of amides is 7. The number of pyridine rings is 1. The zero-order valence-corrected chi connectivity index (χ0v) is 44.7. The number of anilines is 3. The van der Waals surface area contributed by atoms with Gasteiger partial charge in [0.15, 0.2) is 5.82 Å². The summed E-state index contributed by atoms with van der Waals surface area (Å²) in [6, 6.07) is 14.0. The number of imide groups is 2. The lowest BCUT2D eigenvalue weighted by Gasteiger charge is -2.48. The average molecular weight is 1050 g/mol. The number of fused-ring (bicyclic) bond motifs is 4. The summed E-state index contributed by atoms with van der Waals surface area (Å²) in [5, 5.41) is 5.96. The van der Waals surface area contributed by atoms with E-state index in [2.05, 4.69) is 63.1 Å². The minimum Gasteiger partial charge on any atom is -0.371 e. The smallest absolute Gasteiger partial charge is 0.264 e. The average Bonchev–Trinajstić information content (AvgIpc) is 4.00. The first-order valence-electron chi connectivity index (χ1n) is 28.8. The molecule has 7 fully saturated rings. The van der Waals surface area contributed by atoms with Crippen molar-refractivity contribution in [3.05, 3.63) is 65.5 Å². The predicted molar refractivity (Wildman–Crippen MR) is 289 cm³/mol. The lowest BCUT2D eigenvalue weighted by Crippen LogP contribution is -2.58. The van der Waals surface area contributed by atoms with Crippen LogP contribution in [0.15, 0.2) is 48.8 Å². The van der Waals surface area contributed by atoms with Crippen LogP contribution in [0.1, 0.15) is 149 Å². The Morgan fingerprint density at radius 2 is 1.53 bits per heavy atom. The molecule has 3 aliphatic carbocycles. The van der Waals surface area contributed by atoms with Crippen molar-refractivity contribution in [2.45, 2.75) is 158 Å². The number of hydrogen-bond acceptors (Lipinski definition) is 12. The van der Waals surface area contributed by atoms with Gasteiger partial charge in [-0.3, -0.25) is 43.8 Å². The Morgan fingerprint density at radius 3 is 2.26 bits per heavy atom. The van der Waals surface area contributed by atoms with Crippen LogP contribution in [-0.4, -0.2) is 152 Å². The van der Waals surface area contributed by atoms with Crippen LogP contribution in [0.4, 0.5) is 17.2 Å². The third-order valence-electron chi connectivity index (χ3n) is 19.3. The molecule has 6 aliphatic heterocycles.